The Morgan fingerprint density at radius 3 is 2.78 bits per heavy atom. The molecule has 0 amide bonds. The van der Waals surface area contributed by atoms with Gasteiger partial charge in [-0.1, -0.05) is 11.8 Å². The van der Waals surface area contributed by atoms with Crippen LogP contribution in [-0.2, 0) is 0 Å². The topological polar surface area (TPSA) is 38.5 Å². The minimum Gasteiger partial charge on any atom is -0.493 e. The molecule has 1 aromatic rings. The van der Waals surface area contributed by atoms with Gasteiger partial charge in [-0.05, 0) is 32.6 Å². The van der Waals surface area contributed by atoms with Crippen LogP contribution >= 0.6 is 0 Å². The van der Waals surface area contributed by atoms with Crippen LogP contribution in [0.5, 0.6) is 5.75 Å². The Morgan fingerprint density at radius 2 is 2.11 bits per heavy atom. The normalized spacial score (nSPS) is 10.1. The summed E-state index contributed by atoms with van der Waals surface area (Å²) in [6.45, 7) is 1.76. The van der Waals surface area contributed by atoms with Crippen LogP contribution in [0.3, 0.4) is 0 Å². The first kappa shape index (κ1) is 14.5. The minimum absolute atomic E-state index is 0.259. The van der Waals surface area contributed by atoms with E-state index in [9.17, 15) is 4.39 Å². The Balaban J connectivity index is 2.57. The third-order valence-electron chi connectivity index (χ3n) is 2.22. The average Bonchev–Trinajstić information content (AvgIpc) is 2.31. The Bertz CT molecular complexity index is 435. The molecule has 98 valence electrons. The molecular formula is C14H19FN2O. The number of nitrogens with two attached hydrogens (primary N) is 1. The summed E-state index contributed by atoms with van der Waals surface area (Å²) < 4.78 is 18.8. The van der Waals surface area contributed by atoms with Gasteiger partial charge in [0.15, 0.2) is 0 Å². The quantitative estimate of drug-likeness (QED) is 0.635. The molecule has 1 rings (SSSR count). The van der Waals surface area contributed by atoms with Crippen molar-refractivity contribution < 1.29 is 9.13 Å². The number of benzene rings is 1. The van der Waals surface area contributed by atoms with Gasteiger partial charge in [-0.15, -0.1) is 0 Å². The Hall–Kier alpha value is -1.57. The zero-order valence-corrected chi connectivity index (χ0v) is 10.9. The van der Waals surface area contributed by atoms with Crippen molar-refractivity contribution in [3.63, 3.8) is 0 Å². The molecule has 0 aliphatic carbocycles. The number of ether oxygens (including phenoxy) is 1. The van der Waals surface area contributed by atoms with Crippen molar-refractivity contribution in [3.05, 3.63) is 29.6 Å². The monoisotopic (exact) mass is 250 g/mol. The zero-order chi connectivity index (χ0) is 13.4. The first-order chi connectivity index (χ1) is 8.61. The molecule has 0 aliphatic heterocycles. The van der Waals surface area contributed by atoms with E-state index in [1.807, 2.05) is 14.1 Å². The molecule has 0 saturated heterocycles. The molecule has 0 fully saturated rings. The lowest BCUT2D eigenvalue weighted by atomic mass is 10.2. The highest BCUT2D eigenvalue weighted by molar-refractivity contribution is 5.40. The fraction of sp³-hybridized carbons (Fsp3) is 0.429. The van der Waals surface area contributed by atoms with Crippen LogP contribution in [0.25, 0.3) is 0 Å². The van der Waals surface area contributed by atoms with Crippen molar-refractivity contribution in [3.8, 4) is 17.6 Å². The Morgan fingerprint density at radius 1 is 1.33 bits per heavy atom. The maximum atomic E-state index is 13.3. The molecule has 2 N–H and O–H groups in total. The van der Waals surface area contributed by atoms with E-state index in [-0.39, 0.29) is 12.4 Å². The number of nitrogens with zero attached hydrogens (tertiary/aromatic N) is 1. The summed E-state index contributed by atoms with van der Waals surface area (Å²) in [5.41, 5.74) is 5.86. The molecule has 0 spiro atoms. The van der Waals surface area contributed by atoms with Crippen molar-refractivity contribution in [1.82, 2.24) is 4.90 Å². The maximum Gasteiger partial charge on any atom is 0.128 e. The summed E-state index contributed by atoms with van der Waals surface area (Å²) in [5, 5.41) is 0. The molecule has 0 heterocycles. The van der Waals surface area contributed by atoms with Gasteiger partial charge in [-0.25, -0.2) is 4.39 Å². The first-order valence-corrected chi connectivity index (χ1v) is 5.89. The van der Waals surface area contributed by atoms with Gasteiger partial charge in [0.1, 0.15) is 11.6 Å². The number of rotatable bonds is 5. The molecule has 4 heteroatoms. The molecular weight excluding hydrogens is 231 g/mol. The second-order valence-corrected chi connectivity index (χ2v) is 4.19. The van der Waals surface area contributed by atoms with E-state index in [0.29, 0.717) is 17.9 Å². The summed E-state index contributed by atoms with van der Waals surface area (Å²) in [4.78, 5) is 2.08. The van der Waals surface area contributed by atoms with Crippen LogP contribution < -0.4 is 10.5 Å². The maximum absolute atomic E-state index is 13.3. The van der Waals surface area contributed by atoms with Gasteiger partial charge in [-0.2, -0.15) is 0 Å². The third kappa shape index (κ3) is 5.67. The molecule has 0 saturated carbocycles. The largest absolute Gasteiger partial charge is 0.493 e. The SMILES string of the molecule is CN(C)CCCOc1cc(F)cc(C#CCN)c1. The van der Waals surface area contributed by atoms with Crippen LogP contribution in [0.15, 0.2) is 18.2 Å². The van der Waals surface area contributed by atoms with E-state index in [1.165, 1.54) is 12.1 Å². The molecule has 0 radical (unpaired) electrons. The van der Waals surface area contributed by atoms with Crippen molar-refractivity contribution in [2.45, 2.75) is 6.42 Å². The van der Waals surface area contributed by atoms with Gasteiger partial charge >= 0.3 is 0 Å². The lowest BCUT2D eigenvalue weighted by Crippen LogP contribution is -2.15. The van der Waals surface area contributed by atoms with Gasteiger partial charge in [0.25, 0.3) is 0 Å². The van der Waals surface area contributed by atoms with Crippen molar-refractivity contribution >= 4 is 0 Å². The van der Waals surface area contributed by atoms with Gasteiger partial charge in [0.2, 0.25) is 0 Å². The van der Waals surface area contributed by atoms with Gasteiger partial charge in [0, 0.05) is 18.2 Å². The first-order valence-electron chi connectivity index (χ1n) is 5.89. The number of hydrogen-bond acceptors (Lipinski definition) is 3. The molecule has 0 bridgehead atoms. The molecule has 0 aromatic heterocycles. The predicted octanol–water partition coefficient (Wildman–Crippen LogP) is 1.47. The standard InChI is InChI=1S/C14H19FN2O/c1-17(2)7-4-8-18-14-10-12(5-3-6-16)9-13(15)11-14/h9-11H,4,6-8,16H2,1-2H3. The van der Waals surface area contributed by atoms with E-state index in [0.717, 1.165) is 13.0 Å². The van der Waals surface area contributed by atoms with E-state index in [2.05, 4.69) is 16.7 Å². The summed E-state index contributed by atoms with van der Waals surface area (Å²) in [6, 6.07) is 4.46. The van der Waals surface area contributed by atoms with E-state index in [1.54, 1.807) is 6.07 Å². The van der Waals surface area contributed by atoms with Crippen molar-refractivity contribution in [2.24, 2.45) is 5.73 Å². The average molecular weight is 250 g/mol. The number of halogens is 1. The van der Waals surface area contributed by atoms with Crippen LogP contribution in [-0.4, -0.2) is 38.7 Å². The highest BCUT2D eigenvalue weighted by atomic mass is 19.1. The van der Waals surface area contributed by atoms with E-state index in [4.69, 9.17) is 10.5 Å². The summed E-state index contributed by atoms with van der Waals surface area (Å²) in [7, 11) is 4.01. The van der Waals surface area contributed by atoms with Crippen LogP contribution in [0, 0.1) is 17.7 Å². The smallest absolute Gasteiger partial charge is 0.128 e. The fourth-order valence-electron chi connectivity index (χ4n) is 1.44. The van der Waals surface area contributed by atoms with Crippen molar-refractivity contribution in [2.75, 3.05) is 33.8 Å². The highest BCUT2D eigenvalue weighted by Crippen LogP contribution is 2.16. The molecule has 3 nitrogen and oxygen atoms in total. The van der Waals surface area contributed by atoms with Crippen molar-refractivity contribution in [1.29, 1.82) is 0 Å². The second-order valence-electron chi connectivity index (χ2n) is 4.19. The zero-order valence-electron chi connectivity index (χ0n) is 10.9. The summed E-state index contributed by atoms with van der Waals surface area (Å²) in [5.74, 6) is 5.64. The number of hydrogen-bond donors (Lipinski definition) is 1. The Kier molecular flexibility index (Phi) is 6.20. The third-order valence-corrected chi connectivity index (χ3v) is 2.22. The highest BCUT2D eigenvalue weighted by Gasteiger charge is 2.00. The summed E-state index contributed by atoms with van der Waals surface area (Å²) >= 11 is 0. The lowest BCUT2D eigenvalue weighted by molar-refractivity contribution is 0.280. The Labute approximate surface area is 108 Å². The van der Waals surface area contributed by atoms with Crippen LogP contribution in [0.1, 0.15) is 12.0 Å². The van der Waals surface area contributed by atoms with Gasteiger partial charge in [0.05, 0.1) is 13.2 Å². The second kappa shape index (κ2) is 7.70. The fourth-order valence-corrected chi connectivity index (χ4v) is 1.44. The minimum atomic E-state index is -0.346. The molecule has 0 atom stereocenters. The van der Waals surface area contributed by atoms with Gasteiger partial charge < -0.3 is 15.4 Å². The van der Waals surface area contributed by atoms with Crippen LogP contribution in [0.4, 0.5) is 4.39 Å². The van der Waals surface area contributed by atoms with E-state index >= 15 is 0 Å². The van der Waals surface area contributed by atoms with E-state index < -0.39 is 0 Å². The molecule has 0 unspecified atom stereocenters. The lowest BCUT2D eigenvalue weighted by Gasteiger charge is -2.10. The molecule has 1 aromatic carbocycles. The van der Waals surface area contributed by atoms with Gasteiger partial charge in [-0.3, -0.25) is 0 Å². The predicted molar refractivity (Wildman–Crippen MR) is 71.0 cm³/mol. The molecule has 18 heavy (non-hydrogen) atoms. The summed E-state index contributed by atoms with van der Waals surface area (Å²) in [6.07, 6.45) is 0.896. The molecule has 0 aliphatic rings. The van der Waals surface area contributed by atoms with Crippen LogP contribution in [0.2, 0.25) is 0 Å².